The van der Waals surface area contributed by atoms with E-state index in [4.69, 9.17) is 4.74 Å². The Balaban J connectivity index is 1.88. The fourth-order valence-electron chi connectivity index (χ4n) is 2.07. The molecule has 1 saturated heterocycles. The average molecular weight is 314 g/mol. The van der Waals surface area contributed by atoms with Gasteiger partial charge in [-0.15, -0.1) is 5.10 Å². The molecule has 2 N–H and O–H groups in total. The zero-order chi connectivity index (χ0) is 15.2. The number of aromatic nitrogens is 3. The Morgan fingerprint density at radius 1 is 1.62 bits per heavy atom. The molecule has 1 aliphatic rings. The number of rotatable bonds is 7. The molecular formula is C13H22N4O3S. The quantitative estimate of drug-likeness (QED) is 0.720. The van der Waals surface area contributed by atoms with Crippen LogP contribution in [0.4, 0.5) is 0 Å². The van der Waals surface area contributed by atoms with E-state index in [1.807, 2.05) is 13.8 Å². The molecule has 0 bridgehead atoms. The summed E-state index contributed by atoms with van der Waals surface area (Å²) in [6, 6.07) is 0. The molecule has 0 aliphatic carbocycles. The SMILES string of the molecule is CC(C)CNC(=O)CSc1n[nH]c(=O)n1CC1CCCO1. The lowest BCUT2D eigenvalue weighted by atomic mass is 10.2. The summed E-state index contributed by atoms with van der Waals surface area (Å²) < 4.78 is 7.09. The first-order chi connectivity index (χ1) is 10.1. The van der Waals surface area contributed by atoms with Gasteiger partial charge in [0.25, 0.3) is 0 Å². The van der Waals surface area contributed by atoms with Gasteiger partial charge in [0.15, 0.2) is 5.16 Å². The molecule has 1 atom stereocenters. The van der Waals surface area contributed by atoms with E-state index < -0.39 is 0 Å². The Hall–Kier alpha value is -1.28. The summed E-state index contributed by atoms with van der Waals surface area (Å²) in [7, 11) is 0. The molecule has 2 heterocycles. The highest BCUT2D eigenvalue weighted by Crippen LogP contribution is 2.17. The smallest absolute Gasteiger partial charge is 0.344 e. The standard InChI is InChI=1S/C13H22N4O3S/c1-9(2)6-14-11(18)8-21-13-16-15-12(19)17(13)7-10-4-3-5-20-10/h9-10H,3-8H2,1-2H3,(H,14,18)(H,15,19). The van der Waals surface area contributed by atoms with Crippen molar-refractivity contribution in [2.75, 3.05) is 18.9 Å². The summed E-state index contributed by atoms with van der Waals surface area (Å²) in [5.41, 5.74) is -0.254. The molecule has 0 saturated carbocycles. The summed E-state index contributed by atoms with van der Waals surface area (Å²) in [5.74, 6) is 0.623. The number of thioether (sulfide) groups is 1. The molecule has 1 aromatic heterocycles. The van der Waals surface area contributed by atoms with Gasteiger partial charge in [0.1, 0.15) is 0 Å². The maximum Gasteiger partial charge on any atom is 0.344 e. The maximum atomic E-state index is 11.8. The minimum absolute atomic E-state index is 0.0483. The number of amides is 1. The summed E-state index contributed by atoms with van der Waals surface area (Å²) in [4.78, 5) is 23.5. The van der Waals surface area contributed by atoms with Gasteiger partial charge in [0.2, 0.25) is 5.91 Å². The molecule has 8 heteroatoms. The number of nitrogens with zero attached hydrogens (tertiary/aromatic N) is 2. The van der Waals surface area contributed by atoms with Crippen molar-refractivity contribution in [2.24, 2.45) is 5.92 Å². The molecule has 21 heavy (non-hydrogen) atoms. The Kier molecular flexibility index (Phi) is 5.86. The van der Waals surface area contributed by atoms with Crippen LogP contribution in [0, 0.1) is 5.92 Å². The largest absolute Gasteiger partial charge is 0.376 e. The molecule has 0 spiro atoms. The first-order valence-electron chi connectivity index (χ1n) is 7.22. The van der Waals surface area contributed by atoms with Crippen molar-refractivity contribution in [3.63, 3.8) is 0 Å². The molecule has 1 aromatic rings. The van der Waals surface area contributed by atoms with Crippen LogP contribution in [0.2, 0.25) is 0 Å². The third kappa shape index (κ3) is 4.89. The number of aromatic amines is 1. The Morgan fingerprint density at radius 2 is 2.43 bits per heavy atom. The lowest BCUT2D eigenvalue weighted by molar-refractivity contribution is -0.118. The van der Waals surface area contributed by atoms with E-state index >= 15 is 0 Å². The fourth-order valence-corrected chi connectivity index (χ4v) is 2.85. The Morgan fingerprint density at radius 3 is 3.10 bits per heavy atom. The highest BCUT2D eigenvalue weighted by Gasteiger charge is 2.20. The van der Waals surface area contributed by atoms with Gasteiger partial charge >= 0.3 is 5.69 Å². The molecule has 1 fully saturated rings. The lowest BCUT2D eigenvalue weighted by Crippen LogP contribution is -2.29. The van der Waals surface area contributed by atoms with E-state index in [9.17, 15) is 9.59 Å². The van der Waals surface area contributed by atoms with Crippen LogP contribution in [0.25, 0.3) is 0 Å². The maximum absolute atomic E-state index is 11.8. The zero-order valence-electron chi connectivity index (χ0n) is 12.4. The Bertz CT molecular complexity index is 520. The average Bonchev–Trinajstić information content (AvgIpc) is 3.06. The zero-order valence-corrected chi connectivity index (χ0v) is 13.2. The van der Waals surface area contributed by atoms with Gasteiger partial charge in [0.05, 0.1) is 18.4 Å². The summed E-state index contributed by atoms with van der Waals surface area (Å²) in [6.07, 6.45) is 2.04. The van der Waals surface area contributed by atoms with Crippen LogP contribution >= 0.6 is 11.8 Å². The van der Waals surface area contributed by atoms with E-state index in [2.05, 4.69) is 15.5 Å². The van der Waals surface area contributed by atoms with Crippen LogP contribution in [0.3, 0.4) is 0 Å². The lowest BCUT2D eigenvalue weighted by Gasteiger charge is -2.11. The third-order valence-corrected chi connectivity index (χ3v) is 4.15. The predicted molar refractivity (Wildman–Crippen MR) is 80.4 cm³/mol. The van der Waals surface area contributed by atoms with E-state index in [-0.39, 0.29) is 23.5 Å². The number of hydrogen-bond acceptors (Lipinski definition) is 5. The number of hydrogen-bond donors (Lipinski definition) is 2. The van der Waals surface area contributed by atoms with Gasteiger partial charge < -0.3 is 10.1 Å². The Labute approximate surface area is 127 Å². The van der Waals surface area contributed by atoms with Crippen LogP contribution < -0.4 is 11.0 Å². The van der Waals surface area contributed by atoms with Gasteiger partial charge in [0, 0.05) is 13.2 Å². The van der Waals surface area contributed by atoms with Gasteiger partial charge in [-0.05, 0) is 18.8 Å². The second-order valence-electron chi connectivity index (χ2n) is 5.54. The summed E-state index contributed by atoms with van der Waals surface area (Å²) >= 11 is 1.26. The third-order valence-electron chi connectivity index (χ3n) is 3.17. The molecular weight excluding hydrogens is 292 g/mol. The van der Waals surface area contributed by atoms with Crippen LogP contribution in [-0.2, 0) is 16.1 Å². The van der Waals surface area contributed by atoms with E-state index in [0.717, 1.165) is 19.4 Å². The van der Waals surface area contributed by atoms with Gasteiger partial charge in [-0.3, -0.25) is 9.36 Å². The second-order valence-corrected chi connectivity index (χ2v) is 6.49. The minimum atomic E-state index is -0.254. The van der Waals surface area contributed by atoms with E-state index in [0.29, 0.717) is 24.2 Å². The molecule has 0 radical (unpaired) electrons. The number of H-pyrrole nitrogens is 1. The summed E-state index contributed by atoms with van der Waals surface area (Å²) in [6.45, 7) is 5.98. The highest BCUT2D eigenvalue weighted by atomic mass is 32.2. The molecule has 0 aromatic carbocycles. The normalized spacial score (nSPS) is 18.3. The van der Waals surface area contributed by atoms with Crippen LogP contribution in [0.15, 0.2) is 9.95 Å². The molecule has 1 amide bonds. The first kappa shape index (κ1) is 16.1. The molecule has 2 rings (SSSR count). The first-order valence-corrected chi connectivity index (χ1v) is 8.21. The van der Waals surface area contributed by atoms with Crippen molar-refractivity contribution in [1.82, 2.24) is 20.1 Å². The number of carbonyl (C=O) groups is 1. The number of ether oxygens (including phenoxy) is 1. The summed E-state index contributed by atoms with van der Waals surface area (Å²) in [5, 5.41) is 9.79. The van der Waals surface area contributed by atoms with Gasteiger partial charge in [-0.2, -0.15) is 0 Å². The number of nitrogens with one attached hydrogen (secondary N) is 2. The van der Waals surface area contributed by atoms with Crippen molar-refractivity contribution < 1.29 is 9.53 Å². The molecule has 1 aliphatic heterocycles. The van der Waals surface area contributed by atoms with Crippen molar-refractivity contribution in [3.8, 4) is 0 Å². The van der Waals surface area contributed by atoms with Crippen LogP contribution in [-0.4, -0.2) is 45.7 Å². The topological polar surface area (TPSA) is 89.0 Å². The van der Waals surface area contributed by atoms with Crippen molar-refractivity contribution in [1.29, 1.82) is 0 Å². The van der Waals surface area contributed by atoms with E-state index in [1.54, 1.807) is 4.57 Å². The number of carbonyl (C=O) groups excluding carboxylic acids is 1. The molecule has 7 nitrogen and oxygen atoms in total. The minimum Gasteiger partial charge on any atom is -0.376 e. The van der Waals surface area contributed by atoms with Crippen molar-refractivity contribution in [2.45, 2.75) is 44.5 Å². The highest BCUT2D eigenvalue weighted by molar-refractivity contribution is 7.99. The second kappa shape index (κ2) is 7.65. The molecule has 1 unspecified atom stereocenters. The predicted octanol–water partition coefficient (Wildman–Crippen LogP) is 0.615. The van der Waals surface area contributed by atoms with Gasteiger partial charge in [-0.1, -0.05) is 25.6 Å². The fraction of sp³-hybridized carbons (Fsp3) is 0.769. The van der Waals surface area contributed by atoms with E-state index in [1.165, 1.54) is 11.8 Å². The van der Waals surface area contributed by atoms with Crippen molar-refractivity contribution in [3.05, 3.63) is 10.5 Å². The van der Waals surface area contributed by atoms with Gasteiger partial charge in [-0.25, -0.2) is 9.89 Å². The van der Waals surface area contributed by atoms with Crippen LogP contribution in [0.5, 0.6) is 0 Å². The molecule has 118 valence electrons. The van der Waals surface area contributed by atoms with Crippen molar-refractivity contribution >= 4 is 17.7 Å². The monoisotopic (exact) mass is 314 g/mol. The van der Waals surface area contributed by atoms with Crippen LogP contribution in [0.1, 0.15) is 26.7 Å².